The Balaban J connectivity index is 2.73. The second kappa shape index (κ2) is 7.33. The van der Waals surface area contributed by atoms with E-state index in [1.807, 2.05) is 0 Å². The maximum absolute atomic E-state index is 12.2. The molecule has 0 fully saturated rings. The van der Waals surface area contributed by atoms with Crippen molar-refractivity contribution in [3.05, 3.63) is 34.3 Å². The molecule has 1 aromatic carbocycles. The van der Waals surface area contributed by atoms with Gasteiger partial charge in [-0.05, 0) is 24.6 Å². The highest BCUT2D eigenvalue weighted by molar-refractivity contribution is 9.10. The molecule has 0 aliphatic carbocycles. The zero-order chi connectivity index (χ0) is 15.3. The van der Waals surface area contributed by atoms with Crippen molar-refractivity contribution in [2.24, 2.45) is 0 Å². The highest BCUT2D eigenvalue weighted by Gasteiger charge is 2.26. The number of alkyl halides is 2. The minimum atomic E-state index is -2.79. The van der Waals surface area contributed by atoms with E-state index < -0.39 is 36.7 Å². The van der Waals surface area contributed by atoms with Gasteiger partial charge in [-0.3, -0.25) is 4.79 Å². The average molecular weight is 350 g/mol. The molecule has 0 bridgehead atoms. The van der Waals surface area contributed by atoms with Gasteiger partial charge >= 0.3 is 5.97 Å². The molecule has 4 nitrogen and oxygen atoms in total. The van der Waals surface area contributed by atoms with Gasteiger partial charge in [0.25, 0.3) is 0 Å². The Morgan fingerprint density at radius 3 is 2.30 bits per heavy atom. The number of carbonyl (C=O) groups is 2. The van der Waals surface area contributed by atoms with E-state index in [0.29, 0.717) is 5.56 Å². The molecule has 2 unspecified atom stereocenters. The quantitative estimate of drug-likeness (QED) is 0.829. The molecule has 110 valence electrons. The lowest BCUT2D eigenvalue weighted by Crippen LogP contribution is -2.43. The third kappa shape index (κ3) is 4.88. The summed E-state index contributed by atoms with van der Waals surface area (Å²) >= 11 is 3.26. The number of halogens is 3. The lowest BCUT2D eigenvalue weighted by Gasteiger charge is -2.17. The van der Waals surface area contributed by atoms with Crippen LogP contribution in [0.1, 0.15) is 24.8 Å². The summed E-state index contributed by atoms with van der Waals surface area (Å²) in [5.74, 6) is -2.69. The first-order valence-corrected chi connectivity index (χ1v) is 6.67. The molecule has 0 aliphatic rings. The van der Waals surface area contributed by atoms with Gasteiger partial charge in [0, 0.05) is 10.9 Å². The number of hydrogen-bond acceptors (Lipinski definition) is 2. The number of benzene rings is 1. The summed E-state index contributed by atoms with van der Waals surface area (Å²) in [6.07, 6.45) is -3.70. The highest BCUT2D eigenvalue weighted by atomic mass is 79.9. The van der Waals surface area contributed by atoms with Gasteiger partial charge < -0.3 is 10.4 Å². The van der Waals surface area contributed by atoms with Crippen molar-refractivity contribution in [3.63, 3.8) is 0 Å². The first-order chi connectivity index (χ1) is 9.31. The van der Waals surface area contributed by atoms with E-state index in [9.17, 15) is 18.4 Å². The molecule has 0 spiro atoms. The van der Waals surface area contributed by atoms with Gasteiger partial charge in [0.15, 0.2) is 0 Å². The summed E-state index contributed by atoms with van der Waals surface area (Å²) in [6.45, 7) is 1.58. The molecule has 2 atom stereocenters. The molecule has 0 aromatic heterocycles. The molecule has 0 saturated carbocycles. The van der Waals surface area contributed by atoms with E-state index in [0.717, 1.165) is 4.47 Å². The summed E-state index contributed by atoms with van der Waals surface area (Å²) in [4.78, 5) is 22.7. The van der Waals surface area contributed by atoms with Crippen LogP contribution in [0.3, 0.4) is 0 Å². The van der Waals surface area contributed by atoms with Crippen molar-refractivity contribution >= 4 is 27.8 Å². The summed E-state index contributed by atoms with van der Waals surface area (Å²) in [5.41, 5.74) is 0.673. The van der Waals surface area contributed by atoms with Gasteiger partial charge in [-0.25, -0.2) is 13.6 Å². The number of aliphatic carboxylic acids is 1. The van der Waals surface area contributed by atoms with E-state index in [4.69, 9.17) is 5.11 Å². The Labute approximate surface area is 123 Å². The number of hydrogen-bond donors (Lipinski definition) is 2. The van der Waals surface area contributed by atoms with Crippen LogP contribution in [0.25, 0.3) is 0 Å². The number of carbonyl (C=O) groups excluding carboxylic acids is 1. The molecule has 0 heterocycles. The van der Waals surface area contributed by atoms with Crippen LogP contribution >= 0.6 is 15.9 Å². The number of rotatable bonds is 6. The van der Waals surface area contributed by atoms with E-state index in [2.05, 4.69) is 21.2 Å². The molecule has 7 heteroatoms. The van der Waals surface area contributed by atoms with Crippen LogP contribution in [0.5, 0.6) is 0 Å². The predicted molar refractivity (Wildman–Crippen MR) is 72.7 cm³/mol. The van der Waals surface area contributed by atoms with Crippen LogP contribution in [0.15, 0.2) is 28.7 Å². The van der Waals surface area contributed by atoms with Crippen LogP contribution in [0.4, 0.5) is 8.78 Å². The molecule has 1 aromatic rings. The number of carboxylic acid groups (broad SMARTS) is 1. The maximum Gasteiger partial charge on any atom is 0.326 e. The molecule has 1 amide bonds. The first kappa shape index (κ1) is 16.6. The second-order valence-corrected chi connectivity index (χ2v) is 5.22. The maximum atomic E-state index is 12.2. The predicted octanol–water partition coefficient (Wildman–Crippen LogP) is 2.78. The standard InChI is InChI=1S/C13H14BrF2NO3/c1-7(8-2-4-9(14)5-3-8)12(18)17-10(13(19)20)6-11(15)16/h2-5,7,10-11H,6H2,1H3,(H,17,18)(H,19,20). The van der Waals surface area contributed by atoms with Crippen molar-refractivity contribution < 1.29 is 23.5 Å². The molecule has 0 aliphatic heterocycles. The molecular weight excluding hydrogens is 336 g/mol. The number of carboxylic acids is 1. The largest absolute Gasteiger partial charge is 0.480 e. The third-order valence-corrected chi connectivity index (χ3v) is 3.32. The summed E-state index contributed by atoms with van der Waals surface area (Å²) in [7, 11) is 0. The van der Waals surface area contributed by atoms with Crippen LogP contribution in [-0.2, 0) is 9.59 Å². The highest BCUT2D eigenvalue weighted by Crippen LogP contribution is 2.19. The smallest absolute Gasteiger partial charge is 0.326 e. The van der Waals surface area contributed by atoms with Crippen molar-refractivity contribution in [2.45, 2.75) is 31.7 Å². The fourth-order valence-electron chi connectivity index (χ4n) is 1.60. The van der Waals surface area contributed by atoms with Gasteiger partial charge in [0.1, 0.15) is 6.04 Å². The molecule has 0 radical (unpaired) electrons. The first-order valence-electron chi connectivity index (χ1n) is 5.88. The summed E-state index contributed by atoms with van der Waals surface area (Å²) in [5, 5.41) is 10.9. The summed E-state index contributed by atoms with van der Waals surface area (Å²) < 4.78 is 25.3. The fourth-order valence-corrected chi connectivity index (χ4v) is 1.86. The molecule has 1 rings (SSSR count). The van der Waals surface area contributed by atoms with Crippen molar-refractivity contribution in [1.29, 1.82) is 0 Å². The fraction of sp³-hybridized carbons (Fsp3) is 0.385. The normalized spacial score (nSPS) is 13.8. The van der Waals surface area contributed by atoms with Crippen LogP contribution in [0, 0.1) is 0 Å². The molecule has 20 heavy (non-hydrogen) atoms. The van der Waals surface area contributed by atoms with Gasteiger partial charge in [-0.1, -0.05) is 28.1 Å². The minimum Gasteiger partial charge on any atom is -0.480 e. The third-order valence-electron chi connectivity index (χ3n) is 2.79. The van der Waals surface area contributed by atoms with E-state index >= 15 is 0 Å². The Morgan fingerprint density at radius 1 is 1.30 bits per heavy atom. The van der Waals surface area contributed by atoms with Crippen molar-refractivity contribution in [3.8, 4) is 0 Å². The Bertz CT molecular complexity index is 479. The minimum absolute atomic E-state index is 0.597. The zero-order valence-corrected chi connectivity index (χ0v) is 12.2. The van der Waals surface area contributed by atoms with Gasteiger partial charge in [-0.2, -0.15) is 0 Å². The zero-order valence-electron chi connectivity index (χ0n) is 10.6. The SMILES string of the molecule is CC(C(=O)NC(CC(F)F)C(=O)O)c1ccc(Br)cc1. The topological polar surface area (TPSA) is 66.4 Å². The Morgan fingerprint density at radius 2 is 1.85 bits per heavy atom. The van der Waals surface area contributed by atoms with Crippen LogP contribution in [-0.4, -0.2) is 29.5 Å². The van der Waals surface area contributed by atoms with Gasteiger partial charge in [0.2, 0.25) is 12.3 Å². The van der Waals surface area contributed by atoms with E-state index in [1.165, 1.54) is 0 Å². The van der Waals surface area contributed by atoms with Gasteiger partial charge in [0.05, 0.1) is 5.92 Å². The molecular formula is C13H14BrF2NO3. The lowest BCUT2D eigenvalue weighted by molar-refractivity contribution is -0.143. The van der Waals surface area contributed by atoms with Crippen LogP contribution < -0.4 is 5.32 Å². The second-order valence-electron chi connectivity index (χ2n) is 4.30. The summed E-state index contributed by atoms with van der Waals surface area (Å²) in [6, 6.07) is 5.31. The van der Waals surface area contributed by atoms with Gasteiger partial charge in [-0.15, -0.1) is 0 Å². The number of amides is 1. The molecule has 0 saturated heterocycles. The van der Waals surface area contributed by atoms with E-state index in [-0.39, 0.29) is 0 Å². The van der Waals surface area contributed by atoms with E-state index in [1.54, 1.807) is 31.2 Å². The Hall–Kier alpha value is -1.50. The van der Waals surface area contributed by atoms with Crippen LogP contribution in [0.2, 0.25) is 0 Å². The van der Waals surface area contributed by atoms with Crippen molar-refractivity contribution in [2.75, 3.05) is 0 Å². The average Bonchev–Trinajstić information content (AvgIpc) is 2.37. The monoisotopic (exact) mass is 349 g/mol. The molecule has 2 N–H and O–H groups in total. The Kier molecular flexibility index (Phi) is 6.06. The van der Waals surface area contributed by atoms with Crippen molar-refractivity contribution in [1.82, 2.24) is 5.32 Å². The number of nitrogens with one attached hydrogen (secondary N) is 1. The lowest BCUT2D eigenvalue weighted by atomic mass is 10.00.